The first-order valence-electron chi connectivity index (χ1n) is 3.04. The summed E-state index contributed by atoms with van der Waals surface area (Å²) >= 11 is 0. The maximum atomic E-state index is 10.5. The minimum Gasteiger partial charge on any atom is -0.230 e. The fourth-order valence-electron chi connectivity index (χ4n) is 0.526. The monoisotopic (exact) mass is 116 g/mol. The highest BCUT2D eigenvalue weighted by Crippen LogP contribution is 2.02. The third-order valence-electron chi connectivity index (χ3n) is 1.22. The zero-order valence-corrected chi connectivity index (χ0v) is 5.39. The van der Waals surface area contributed by atoms with E-state index in [1.54, 1.807) is 13.8 Å². The van der Waals surface area contributed by atoms with Crippen molar-refractivity contribution in [1.82, 2.24) is 0 Å². The molecule has 0 heterocycles. The summed E-state index contributed by atoms with van der Waals surface area (Å²) in [6, 6.07) is 0. The topological polar surface area (TPSA) is 39.8 Å². The molecule has 2 atom stereocenters. The highest BCUT2D eigenvalue weighted by molar-refractivity contribution is 4.61. The summed E-state index contributed by atoms with van der Waals surface area (Å²) in [5.41, 5.74) is 0. The lowest BCUT2D eigenvalue weighted by molar-refractivity contribution is -0.0623. The molecule has 2 radical (unpaired) electrons. The van der Waals surface area contributed by atoms with E-state index in [1.165, 1.54) is 0 Å². The van der Waals surface area contributed by atoms with Gasteiger partial charge in [-0.1, -0.05) is 13.8 Å². The second-order valence-corrected chi connectivity index (χ2v) is 1.89. The number of rotatable bonds is 3. The van der Waals surface area contributed by atoms with Gasteiger partial charge in [0.05, 0.1) is 0 Å². The summed E-state index contributed by atoms with van der Waals surface area (Å²) in [6.07, 6.45) is -0.857. The van der Waals surface area contributed by atoms with Gasteiger partial charge in [-0.25, -0.2) is 10.2 Å². The molecule has 2 unspecified atom stereocenters. The van der Waals surface area contributed by atoms with Crippen molar-refractivity contribution in [2.75, 3.05) is 0 Å². The fourth-order valence-corrected chi connectivity index (χ4v) is 0.526. The van der Waals surface area contributed by atoms with E-state index in [4.69, 9.17) is 0 Å². The van der Waals surface area contributed by atoms with E-state index in [0.29, 0.717) is 12.8 Å². The quantitative estimate of drug-likeness (QED) is 0.534. The molecule has 0 rings (SSSR count). The van der Waals surface area contributed by atoms with Gasteiger partial charge < -0.3 is 0 Å². The third-order valence-corrected chi connectivity index (χ3v) is 1.22. The molecule has 0 spiro atoms. The molecule has 0 aromatic carbocycles. The van der Waals surface area contributed by atoms with Gasteiger partial charge in [0, 0.05) is 0 Å². The lowest BCUT2D eigenvalue weighted by Gasteiger charge is -2.07. The molecule has 0 aliphatic heterocycles. The van der Waals surface area contributed by atoms with Crippen LogP contribution >= 0.6 is 0 Å². The van der Waals surface area contributed by atoms with Crippen LogP contribution in [-0.2, 0) is 10.2 Å². The highest BCUT2D eigenvalue weighted by Gasteiger charge is 2.14. The smallest absolute Gasteiger partial charge is 0.122 e. The van der Waals surface area contributed by atoms with Crippen LogP contribution < -0.4 is 0 Å². The van der Waals surface area contributed by atoms with Crippen molar-refractivity contribution in [3.05, 3.63) is 0 Å². The Balaban J connectivity index is 3.29. The molecule has 0 aromatic rings. The zero-order chi connectivity index (χ0) is 6.57. The van der Waals surface area contributed by atoms with Crippen molar-refractivity contribution in [1.29, 1.82) is 0 Å². The lowest BCUT2D eigenvalue weighted by atomic mass is 10.1. The standard InChI is InChI=1S/C6H12O2/c1-3-5(7)6(8)4-2/h5-6H,3-4H2,1-2H3. The lowest BCUT2D eigenvalue weighted by Crippen LogP contribution is -2.20. The molecule has 0 bridgehead atoms. The van der Waals surface area contributed by atoms with Crippen LogP contribution in [0.15, 0.2) is 0 Å². The van der Waals surface area contributed by atoms with Crippen molar-refractivity contribution in [3.8, 4) is 0 Å². The predicted molar refractivity (Wildman–Crippen MR) is 29.5 cm³/mol. The van der Waals surface area contributed by atoms with Crippen LogP contribution in [0.4, 0.5) is 0 Å². The summed E-state index contributed by atoms with van der Waals surface area (Å²) in [6.45, 7) is 3.50. The van der Waals surface area contributed by atoms with E-state index < -0.39 is 12.2 Å². The van der Waals surface area contributed by atoms with E-state index >= 15 is 0 Å². The summed E-state index contributed by atoms with van der Waals surface area (Å²) in [5, 5.41) is 21.0. The first kappa shape index (κ1) is 7.92. The van der Waals surface area contributed by atoms with Crippen LogP contribution in [0, 0.1) is 0 Å². The van der Waals surface area contributed by atoms with Gasteiger partial charge in [0.1, 0.15) is 12.2 Å². The van der Waals surface area contributed by atoms with Crippen molar-refractivity contribution < 1.29 is 10.2 Å². The molecule has 48 valence electrons. The molecular weight excluding hydrogens is 104 g/mol. The average Bonchev–Trinajstić information content (AvgIpc) is 1.84. The number of hydrogen-bond acceptors (Lipinski definition) is 0. The summed E-state index contributed by atoms with van der Waals surface area (Å²) < 4.78 is 0. The Morgan fingerprint density at radius 1 is 1.00 bits per heavy atom. The SMILES string of the molecule is CCC([O])C([O])CC. The first-order chi connectivity index (χ1) is 3.72. The first-order valence-corrected chi connectivity index (χ1v) is 3.04. The molecule has 0 N–H and O–H groups in total. The molecule has 0 fully saturated rings. The van der Waals surface area contributed by atoms with Crippen LogP contribution in [0.2, 0.25) is 0 Å². The summed E-state index contributed by atoms with van der Waals surface area (Å²) in [5.74, 6) is 0. The predicted octanol–water partition coefficient (Wildman–Crippen LogP) is 1.40. The Morgan fingerprint density at radius 3 is 1.38 bits per heavy atom. The third kappa shape index (κ3) is 2.28. The molecule has 2 nitrogen and oxygen atoms in total. The summed E-state index contributed by atoms with van der Waals surface area (Å²) in [7, 11) is 0. The second kappa shape index (κ2) is 3.87. The van der Waals surface area contributed by atoms with Crippen molar-refractivity contribution >= 4 is 0 Å². The van der Waals surface area contributed by atoms with Crippen LogP contribution in [0.5, 0.6) is 0 Å². The van der Waals surface area contributed by atoms with Gasteiger partial charge in [-0.3, -0.25) is 0 Å². The van der Waals surface area contributed by atoms with Gasteiger partial charge in [-0.2, -0.15) is 0 Å². The van der Waals surface area contributed by atoms with E-state index in [9.17, 15) is 10.2 Å². The van der Waals surface area contributed by atoms with Gasteiger partial charge in [0.25, 0.3) is 0 Å². The normalized spacial score (nSPS) is 18.0. The van der Waals surface area contributed by atoms with Gasteiger partial charge in [-0.05, 0) is 12.8 Å². The molecular formula is C6H12O2. The summed E-state index contributed by atoms with van der Waals surface area (Å²) in [4.78, 5) is 0. The average molecular weight is 116 g/mol. The van der Waals surface area contributed by atoms with E-state index in [0.717, 1.165) is 0 Å². The molecule has 0 saturated heterocycles. The van der Waals surface area contributed by atoms with Crippen LogP contribution in [0.3, 0.4) is 0 Å². The van der Waals surface area contributed by atoms with Gasteiger partial charge >= 0.3 is 0 Å². The van der Waals surface area contributed by atoms with Crippen LogP contribution in [-0.4, -0.2) is 12.2 Å². The Bertz CT molecular complexity index is 46.5. The Hall–Kier alpha value is -0.0800. The molecule has 2 heteroatoms. The molecule has 8 heavy (non-hydrogen) atoms. The maximum Gasteiger partial charge on any atom is 0.122 e. The molecule has 0 aliphatic carbocycles. The van der Waals surface area contributed by atoms with Crippen molar-refractivity contribution in [3.63, 3.8) is 0 Å². The van der Waals surface area contributed by atoms with Crippen LogP contribution in [0.25, 0.3) is 0 Å². The minimum atomic E-state index is -0.889. The fraction of sp³-hybridized carbons (Fsp3) is 1.00. The van der Waals surface area contributed by atoms with E-state index in [1.807, 2.05) is 0 Å². The second-order valence-electron chi connectivity index (χ2n) is 1.89. The van der Waals surface area contributed by atoms with Gasteiger partial charge in [0.15, 0.2) is 0 Å². The van der Waals surface area contributed by atoms with Crippen molar-refractivity contribution in [2.45, 2.75) is 38.9 Å². The maximum absolute atomic E-state index is 10.5. The zero-order valence-electron chi connectivity index (χ0n) is 5.39. The van der Waals surface area contributed by atoms with Crippen LogP contribution in [0.1, 0.15) is 26.7 Å². The van der Waals surface area contributed by atoms with Gasteiger partial charge in [0.2, 0.25) is 0 Å². The Labute approximate surface area is 50.2 Å². The van der Waals surface area contributed by atoms with E-state index in [-0.39, 0.29) is 0 Å². The highest BCUT2D eigenvalue weighted by atomic mass is 16.3. The van der Waals surface area contributed by atoms with Gasteiger partial charge in [-0.15, -0.1) is 0 Å². The van der Waals surface area contributed by atoms with E-state index in [2.05, 4.69) is 0 Å². The Morgan fingerprint density at radius 2 is 1.25 bits per heavy atom. The molecule has 0 aromatic heterocycles. The molecule has 0 saturated carbocycles. The Kier molecular flexibility index (Phi) is 3.83. The largest absolute Gasteiger partial charge is 0.230 e. The number of hydrogen-bond donors (Lipinski definition) is 0. The molecule has 0 amide bonds. The minimum absolute atomic E-state index is 0.460. The van der Waals surface area contributed by atoms with Crippen molar-refractivity contribution in [2.24, 2.45) is 0 Å². The molecule has 0 aliphatic rings.